The highest BCUT2D eigenvalue weighted by Crippen LogP contribution is 2.17. The summed E-state index contributed by atoms with van der Waals surface area (Å²) < 4.78 is 10.8. The van der Waals surface area contributed by atoms with Crippen molar-refractivity contribution in [3.05, 3.63) is 11.7 Å². The molecule has 1 amide bonds. The Hall–Kier alpha value is -1.47. The van der Waals surface area contributed by atoms with Crippen molar-refractivity contribution in [1.29, 1.82) is 0 Å². The normalized spacial score (nSPS) is 28.3. The van der Waals surface area contributed by atoms with Gasteiger partial charge in [-0.3, -0.25) is 10.1 Å². The Kier molecular flexibility index (Phi) is 3.24. The Labute approximate surface area is 104 Å². The van der Waals surface area contributed by atoms with E-state index < -0.39 is 0 Å². The van der Waals surface area contributed by atoms with E-state index in [-0.39, 0.29) is 24.6 Å². The highest BCUT2D eigenvalue weighted by atomic mass is 16.5. The quantitative estimate of drug-likeness (QED) is 0.757. The van der Waals surface area contributed by atoms with E-state index in [4.69, 9.17) is 9.26 Å². The molecule has 3 rings (SSSR count). The molecule has 18 heavy (non-hydrogen) atoms. The van der Waals surface area contributed by atoms with Gasteiger partial charge in [0.15, 0.2) is 5.82 Å². The molecule has 2 N–H and O–H groups in total. The van der Waals surface area contributed by atoms with Crippen molar-refractivity contribution in [2.24, 2.45) is 0 Å². The molecule has 0 saturated carbocycles. The molecule has 0 bridgehead atoms. The van der Waals surface area contributed by atoms with Gasteiger partial charge in [0, 0.05) is 19.6 Å². The number of nitrogens with zero attached hydrogens (tertiary/aromatic N) is 2. The number of hydrogen-bond acceptors (Lipinski definition) is 6. The summed E-state index contributed by atoms with van der Waals surface area (Å²) in [5.41, 5.74) is 0. The van der Waals surface area contributed by atoms with Crippen molar-refractivity contribution in [2.75, 3.05) is 19.7 Å². The van der Waals surface area contributed by atoms with E-state index in [1.165, 1.54) is 0 Å². The van der Waals surface area contributed by atoms with Crippen LogP contribution in [0.4, 0.5) is 0 Å². The zero-order valence-corrected chi connectivity index (χ0v) is 10.0. The zero-order chi connectivity index (χ0) is 12.4. The van der Waals surface area contributed by atoms with Gasteiger partial charge < -0.3 is 14.6 Å². The Morgan fingerprint density at radius 1 is 1.44 bits per heavy atom. The molecule has 0 radical (unpaired) electrons. The molecule has 0 aromatic carbocycles. The number of aromatic nitrogens is 2. The van der Waals surface area contributed by atoms with Crippen molar-refractivity contribution in [1.82, 2.24) is 20.8 Å². The third kappa shape index (κ3) is 2.51. The second-order valence-corrected chi connectivity index (χ2v) is 4.63. The topological polar surface area (TPSA) is 89.3 Å². The van der Waals surface area contributed by atoms with E-state index in [0.717, 1.165) is 19.4 Å². The van der Waals surface area contributed by atoms with Crippen LogP contribution in [0.15, 0.2) is 4.52 Å². The van der Waals surface area contributed by atoms with Gasteiger partial charge in [-0.05, 0) is 12.8 Å². The zero-order valence-electron chi connectivity index (χ0n) is 10.0. The number of nitrogens with one attached hydrogen (secondary N) is 2. The average molecular weight is 252 g/mol. The van der Waals surface area contributed by atoms with Crippen LogP contribution in [-0.4, -0.2) is 41.8 Å². The summed E-state index contributed by atoms with van der Waals surface area (Å²) in [7, 11) is 0. The highest BCUT2D eigenvalue weighted by Gasteiger charge is 2.25. The SMILES string of the molecule is O=C1CNC(c2nc(CC3CCCO3)no2)CN1. The van der Waals surface area contributed by atoms with Crippen LogP contribution in [-0.2, 0) is 16.0 Å². The predicted octanol–water partition coefficient (Wildman–Crippen LogP) is -0.448. The summed E-state index contributed by atoms with van der Waals surface area (Å²) in [6.45, 7) is 1.60. The number of piperazine rings is 1. The predicted molar refractivity (Wildman–Crippen MR) is 60.7 cm³/mol. The minimum atomic E-state index is -0.0894. The minimum Gasteiger partial charge on any atom is -0.378 e. The number of carbonyl (C=O) groups is 1. The fourth-order valence-corrected chi connectivity index (χ4v) is 2.24. The van der Waals surface area contributed by atoms with Crippen LogP contribution in [0.2, 0.25) is 0 Å². The van der Waals surface area contributed by atoms with Crippen molar-refractivity contribution >= 4 is 5.91 Å². The molecule has 7 heteroatoms. The van der Waals surface area contributed by atoms with Crippen molar-refractivity contribution < 1.29 is 14.1 Å². The molecule has 7 nitrogen and oxygen atoms in total. The van der Waals surface area contributed by atoms with Gasteiger partial charge in [-0.1, -0.05) is 5.16 Å². The van der Waals surface area contributed by atoms with Gasteiger partial charge in [-0.2, -0.15) is 4.98 Å². The van der Waals surface area contributed by atoms with E-state index >= 15 is 0 Å². The summed E-state index contributed by atoms with van der Waals surface area (Å²) in [5.74, 6) is 1.20. The Morgan fingerprint density at radius 2 is 2.39 bits per heavy atom. The van der Waals surface area contributed by atoms with Crippen LogP contribution >= 0.6 is 0 Å². The van der Waals surface area contributed by atoms with E-state index in [1.54, 1.807) is 0 Å². The molecule has 2 saturated heterocycles. The largest absolute Gasteiger partial charge is 0.378 e. The molecule has 2 atom stereocenters. The third-order valence-corrected chi connectivity index (χ3v) is 3.23. The molecule has 2 unspecified atom stereocenters. The van der Waals surface area contributed by atoms with Gasteiger partial charge in [0.2, 0.25) is 11.8 Å². The van der Waals surface area contributed by atoms with Crippen LogP contribution in [0.25, 0.3) is 0 Å². The van der Waals surface area contributed by atoms with Gasteiger partial charge >= 0.3 is 0 Å². The summed E-state index contributed by atoms with van der Waals surface area (Å²) in [4.78, 5) is 15.4. The van der Waals surface area contributed by atoms with E-state index in [1.807, 2.05) is 0 Å². The van der Waals surface area contributed by atoms with Crippen molar-refractivity contribution in [3.8, 4) is 0 Å². The number of amides is 1. The lowest BCUT2D eigenvalue weighted by Crippen LogP contribution is -2.47. The monoisotopic (exact) mass is 252 g/mol. The lowest BCUT2D eigenvalue weighted by atomic mass is 10.2. The summed E-state index contributed by atoms with van der Waals surface area (Å²) in [6.07, 6.45) is 3.07. The molecule has 98 valence electrons. The fraction of sp³-hybridized carbons (Fsp3) is 0.727. The second-order valence-electron chi connectivity index (χ2n) is 4.63. The van der Waals surface area contributed by atoms with E-state index in [2.05, 4.69) is 20.8 Å². The number of ether oxygens (including phenoxy) is 1. The Bertz CT molecular complexity index is 418. The maximum atomic E-state index is 11.0. The first kappa shape index (κ1) is 11.6. The highest BCUT2D eigenvalue weighted by molar-refractivity contribution is 5.78. The van der Waals surface area contributed by atoms with E-state index in [0.29, 0.717) is 24.7 Å². The number of hydrogen-bond donors (Lipinski definition) is 2. The third-order valence-electron chi connectivity index (χ3n) is 3.23. The maximum absolute atomic E-state index is 11.0. The minimum absolute atomic E-state index is 0.00894. The molecular formula is C11H16N4O3. The van der Waals surface area contributed by atoms with Gasteiger partial charge in [0.05, 0.1) is 12.6 Å². The Morgan fingerprint density at radius 3 is 3.11 bits per heavy atom. The van der Waals surface area contributed by atoms with Crippen molar-refractivity contribution in [3.63, 3.8) is 0 Å². The standard InChI is InChI=1S/C11H16N4O3/c16-10-6-12-8(5-13-10)11-14-9(15-18-11)4-7-2-1-3-17-7/h7-8,12H,1-6H2,(H,13,16). The van der Waals surface area contributed by atoms with Crippen LogP contribution in [0, 0.1) is 0 Å². The summed E-state index contributed by atoms with van der Waals surface area (Å²) in [5, 5.41) is 9.77. The molecule has 1 aromatic heterocycles. The lowest BCUT2D eigenvalue weighted by Gasteiger charge is -2.20. The van der Waals surface area contributed by atoms with Crippen LogP contribution in [0.3, 0.4) is 0 Å². The molecule has 0 spiro atoms. The van der Waals surface area contributed by atoms with Gasteiger partial charge in [-0.15, -0.1) is 0 Å². The van der Waals surface area contributed by atoms with Crippen LogP contribution in [0.1, 0.15) is 30.6 Å². The first-order chi connectivity index (χ1) is 8.81. The smallest absolute Gasteiger partial charge is 0.245 e. The molecule has 2 aliphatic rings. The molecule has 1 aromatic rings. The number of rotatable bonds is 3. The van der Waals surface area contributed by atoms with Gasteiger partial charge in [-0.25, -0.2) is 0 Å². The Balaban J connectivity index is 1.60. The second kappa shape index (κ2) is 5.03. The van der Waals surface area contributed by atoms with Crippen LogP contribution < -0.4 is 10.6 Å². The lowest BCUT2D eigenvalue weighted by molar-refractivity contribution is -0.121. The van der Waals surface area contributed by atoms with Gasteiger partial charge in [0.25, 0.3) is 0 Å². The maximum Gasteiger partial charge on any atom is 0.245 e. The molecule has 3 heterocycles. The van der Waals surface area contributed by atoms with Crippen molar-refractivity contribution in [2.45, 2.75) is 31.4 Å². The van der Waals surface area contributed by atoms with Crippen LogP contribution in [0.5, 0.6) is 0 Å². The molecule has 0 aliphatic carbocycles. The van der Waals surface area contributed by atoms with E-state index in [9.17, 15) is 4.79 Å². The summed E-state index contributed by atoms with van der Waals surface area (Å²) >= 11 is 0. The molecule has 2 aliphatic heterocycles. The first-order valence-corrected chi connectivity index (χ1v) is 6.25. The fourth-order valence-electron chi connectivity index (χ4n) is 2.24. The summed E-state index contributed by atoms with van der Waals surface area (Å²) in [6, 6.07) is -0.0894. The molecule has 2 fully saturated rings. The average Bonchev–Trinajstić information content (AvgIpc) is 3.02. The van der Waals surface area contributed by atoms with Gasteiger partial charge in [0.1, 0.15) is 6.04 Å². The molecular weight excluding hydrogens is 236 g/mol. The first-order valence-electron chi connectivity index (χ1n) is 6.25. The number of carbonyl (C=O) groups excluding carboxylic acids is 1.